The summed E-state index contributed by atoms with van der Waals surface area (Å²) in [5.74, 6) is 0. The van der Waals surface area contributed by atoms with Crippen LogP contribution in [0.25, 0.3) is 0 Å². The van der Waals surface area contributed by atoms with Crippen LogP contribution in [-0.4, -0.2) is 51.1 Å². The van der Waals surface area contributed by atoms with Crippen molar-refractivity contribution in [2.24, 2.45) is 5.50 Å². The minimum absolute atomic E-state index is 0.000998. The second-order valence-electron chi connectivity index (χ2n) is 5.01. The molecule has 0 aromatic carbocycles. The zero-order chi connectivity index (χ0) is 17.9. The molecule has 1 unspecified atom stereocenters. The number of H-pyrrole nitrogens is 1. The number of aliphatic hydroxyl groups excluding tert-OH is 1. The zero-order valence-corrected chi connectivity index (χ0v) is 13.5. The predicted molar refractivity (Wildman–Crippen MR) is 84.9 cm³/mol. The smallest absolute Gasteiger partial charge is 0.330 e. The highest BCUT2D eigenvalue weighted by atomic mass is 31.2. The molecule has 1 aliphatic heterocycles. The number of nitrogens with two attached hydrogens (primary N) is 2. The van der Waals surface area contributed by atoms with Gasteiger partial charge in [0, 0.05) is 6.20 Å². The summed E-state index contributed by atoms with van der Waals surface area (Å²) in [4.78, 5) is 34.5. The van der Waals surface area contributed by atoms with E-state index in [0.29, 0.717) is 0 Å². The molecular formula is C12H19N4O7P. The molecule has 12 heteroatoms. The molecule has 0 spiro atoms. The molecule has 24 heavy (non-hydrogen) atoms. The number of hydrogen-bond donors (Lipinski definition) is 5. The summed E-state index contributed by atoms with van der Waals surface area (Å²) in [6, 6.07) is 0. The van der Waals surface area contributed by atoms with Crippen molar-refractivity contribution in [3.8, 4) is 0 Å². The van der Waals surface area contributed by atoms with Gasteiger partial charge in [-0.3, -0.25) is 19.8 Å². The van der Waals surface area contributed by atoms with Crippen molar-refractivity contribution in [3.05, 3.63) is 39.7 Å². The average Bonchev–Trinajstić information content (AvgIpc) is 2.80. The van der Waals surface area contributed by atoms with Gasteiger partial charge in [-0.15, -0.1) is 6.58 Å². The van der Waals surface area contributed by atoms with Crippen LogP contribution in [-0.2, 0) is 14.0 Å². The van der Waals surface area contributed by atoms with Gasteiger partial charge in [0.05, 0.1) is 13.2 Å². The van der Waals surface area contributed by atoms with E-state index in [2.05, 4.69) is 6.58 Å². The van der Waals surface area contributed by atoms with Crippen molar-refractivity contribution in [1.29, 1.82) is 0 Å². The van der Waals surface area contributed by atoms with Crippen LogP contribution in [0.1, 0.15) is 6.23 Å². The molecule has 0 aliphatic carbocycles. The van der Waals surface area contributed by atoms with Crippen LogP contribution < -0.4 is 22.5 Å². The Bertz CT molecular complexity index is 691. The standard InChI is InChI=1S/C12H19N4O7P/c1-2-3-21-5-7-9(23-24(14)20)8(17)11(22-7)16-4-6(13)10(18)15-12(16)19/h2,4,7-9,11,17,20H,1,3,5,13-14H2,(H,15,18,19)/t7-,8-,9-,11-,24?/m1/s1. The number of nitrogens with one attached hydrogen (secondary N) is 1. The van der Waals surface area contributed by atoms with Gasteiger partial charge in [0.2, 0.25) is 0 Å². The van der Waals surface area contributed by atoms with Crippen LogP contribution in [0.4, 0.5) is 5.69 Å². The van der Waals surface area contributed by atoms with Crippen LogP contribution in [0.5, 0.6) is 0 Å². The van der Waals surface area contributed by atoms with Crippen molar-refractivity contribution < 1.29 is 24.0 Å². The molecule has 1 aromatic heterocycles. The lowest BCUT2D eigenvalue weighted by Gasteiger charge is -2.21. The van der Waals surface area contributed by atoms with Crippen LogP contribution in [0.2, 0.25) is 0 Å². The number of aliphatic hydroxyl groups is 1. The molecule has 0 radical (unpaired) electrons. The number of hydrogen-bond acceptors (Lipinski definition) is 9. The first kappa shape index (κ1) is 18.7. The summed E-state index contributed by atoms with van der Waals surface area (Å²) in [7, 11) is -2.28. The Morgan fingerprint density at radius 3 is 2.88 bits per heavy atom. The fourth-order valence-corrected chi connectivity index (χ4v) is 2.81. The van der Waals surface area contributed by atoms with E-state index in [1.54, 1.807) is 0 Å². The maximum atomic E-state index is 11.9. The highest BCUT2D eigenvalue weighted by Crippen LogP contribution is 2.36. The first-order chi connectivity index (χ1) is 11.3. The van der Waals surface area contributed by atoms with E-state index >= 15 is 0 Å². The van der Waals surface area contributed by atoms with Crippen molar-refractivity contribution in [2.75, 3.05) is 18.9 Å². The first-order valence-electron chi connectivity index (χ1n) is 6.88. The minimum Gasteiger partial charge on any atom is -0.393 e. The molecule has 2 heterocycles. The molecule has 0 amide bonds. The summed E-state index contributed by atoms with van der Waals surface area (Å²) in [5, 5.41) is 10.4. The molecular weight excluding hydrogens is 343 g/mol. The van der Waals surface area contributed by atoms with Gasteiger partial charge in [0.1, 0.15) is 24.0 Å². The molecule has 11 nitrogen and oxygen atoms in total. The zero-order valence-electron chi connectivity index (χ0n) is 12.6. The summed E-state index contributed by atoms with van der Waals surface area (Å²) in [6.07, 6.45) is -1.83. The van der Waals surface area contributed by atoms with Crippen LogP contribution in [0.3, 0.4) is 0 Å². The third kappa shape index (κ3) is 4.08. The molecule has 1 fully saturated rings. The quantitative estimate of drug-likeness (QED) is 0.212. The lowest BCUT2D eigenvalue weighted by atomic mass is 10.1. The van der Waals surface area contributed by atoms with E-state index in [1.165, 1.54) is 6.08 Å². The number of ether oxygens (including phenoxy) is 2. The number of aromatic amines is 1. The van der Waals surface area contributed by atoms with E-state index in [-0.39, 0.29) is 18.9 Å². The molecule has 2 rings (SSSR count). The van der Waals surface area contributed by atoms with Crippen LogP contribution >= 0.6 is 8.53 Å². The molecule has 1 saturated heterocycles. The van der Waals surface area contributed by atoms with E-state index in [0.717, 1.165) is 10.8 Å². The Morgan fingerprint density at radius 2 is 2.25 bits per heavy atom. The Kier molecular flexibility index (Phi) is 6.24. The van der Waals surface area contributed by atoms with Crippen molar-refractivity contribution >= 4 is 14.2 Å². The molecule has 0 saturated carbocycles. The van der Waals surface area contributed by atoms with E-state index in [4.69, 9.17) is 25.2 Å². The fourth-order valence-electron chi connectivity index (χ4n) is 2.30. The third-order valence-electron chi connectivity index (χ3n) is 3.33. The van der Waals surface area contributed by atoms with Gasteiger partial charge in [0.25, 0.3) is 14.1 Å². The number of anilines is 1. The monoisotopic (exact) mass is 362 g/mol. The molecule has 5 atom stereocenters. The predicted octanol–water partition coefficient (Wildman–Crippen LogP) is -1.86. The lowest BCUT2D eigenvalue weighted by molar-refractivity contribution is -0.0640. The van der Waals surface area contributed by atoms with Gasteiger partial charge < -0.3 is 29.7 Å². The van der Waals surface area contributed by atoms with Gasteiger partial charge in [0.15, 0.2) is 6.23 Å². The third-order valence-corrected chi connectivity index (χ3v) is 3.79. The second-order valence-corrected chi connectivity index (χ2v) is 5.82. The fraction of sp³-hybridized carbons (Fsp3) is 0.500. The second kappa shape index (κ2) is 7.99. The molecule has 7 N–H and O–H groups in total. The SMILES string of the molecule is C=CCOC[C@H]1O[C@@H](n2cc(N)c(=O)[nH]c2=O)[C@H](O)[C@@H]1OP(N)O. The summed E-state index contributed by atoms with van der Waals surface area (Å²) < 4.78 is 16.9. The highest BCUT2D eigenvalue weighted by molar-refractivity contribution is 7.43. The van der Waals surface area contributed by atoms with Gasteiger partial charge in [-0.05, 0) is 0 Å². The largest absolute Gasteiger partial charge is 0.393 e. The maximum absolute atomic E-state index is 11.9. The Balaban J connectivity index is 2.28. The molecule has 134 valence electrons. The summed E-state index contributed by atoms with van der Waals surface area (Å²) in [6.45, 7) is 3.74. The van der Waals surface area contributed by atoms with Crippen LogP contribution in [0, 0.1) is 0 Å². The molecule has 0 bridgehead atoms. The number of nitrogen functional groups attached to an aromatic ring is 1. The summed E-state index contributed by atoms with van der Waals surface area (Å²) in [5.41, 5.74) is 8.95. The van der Waals surface area contributed by atoms with E-state index in [1.807, 2.05) is 4.98 Å². The summed E-state index contributed by atoms with van der Waals surface area (Å²) >= 11 is 0. The van der Waals surface area contributed by atoms with E-state index in [9.17, 15) is 19.6 Å². The van der Waals surface area contributed by atoms with Gasteiger partial charge in [-0.2, -0.15) is 0 Å². The molecule has 1 aliphatic rings. The topological polar surface area (TPSA) is 175 Å². The van der Waals surface area contributed by atoms with Crippen molar-refractivity contribution in [1.82, 2.24) is 9.55 Å². The highest BCUT2D eigenvalue weighted by Gasteiger charge is 2.47. The number of rotatable bonds is 7. The Hall–Kier alpha value is -1.59. The van der Waals surface area contributed by atoms with Crippen molar-refractivity contribution in [3.63, 3.8) is 0 Å². The Labute approximate surface area is 137 Å². The van der Waals surface area contributed by atoms with Gasteiger partial charge >= 0.3 is 5.69 Å². The van der Waals surface area contributed by atoms with Gasteiger partial charge in [-0.1, -0.05) is 6.08 Å². The van der Waals surface area contributed by atoms with Crippen molar-refractivity contribution in [2.45, 2.75) is 24.5 Å². The molecule has 1 aromatic rings. The average molecular weight is 362 g/mol. The van der Waals surface area contributed by atoms with Crippen LogP contribution in [0.15, 0.2) is 28.4 Å². The number of aromatic nitrogens is 2. The minimum atomic E-state index is -2.28. The Morgan fingerprint density at radius 1 is 1.54 bits per heavy atom. The first-order valence-corrected chi connectivity index (χ1v) is 8.17. The number of nitrogens with zero attached hydrogens (tertiary/aromatic N) is 1. The lowest BCUT2D eigenvalue weighted by Crippen LogP contribution is -2.39. The van der Waals surface area contributed by atoms with E-state index < -0.39 is 44.3 Å². The maximum Gasteiger partial charge on any atom is 0.330 e. The van der Waals surface area contributed by atoms with Gasteiger partial charge in [-0.25, -0.2) is 4.79 Å². The normalized spacial score (nSPS) is 28.0.